The average Bonchev–Trinajstić information content (AvgIpc) is 3.23. The zero-order chi connectivity index (χ0) is 32.4. The molecule has 16 heteroatoms. The lowest BCUT2D eigenvalue weighted by Gasteiger charge is -2.18. The highest BCUT2D eigenvalue weighted by Gasteiger charge is 2.40. The summed E-state index contributed by atoms with van der Waals surface area (Å²) in [6.07, 6.45) is -19.9. The lowest BCUT2D eigenvalue weighted by molar-refractivity contribution is -0.144. The molecule has 4 aromatic rings. The molecule has 0 amide bonds. The number of hydrogen-bond acceptors (Lipinski definition) is 4. The number of aliphatic imine (C=N–C) groups is 1. The second-order valence-electron chi connectivity index (χ2n) is 9.31. The highest BCUT2D eigenvalue weighted by molar-refractivity contribution is 6.23. The zero-order valence-corrected chi connectivity index (χ0v) is 21.1. The molecular weight excluding hydrogens is 620 g/mol. The van der Waals surface area contributed by atoms with Gasteiger partial charge in [0.05, 0.1) is 39.3 Å². The highest BCUT2D eigenvalue weighted by Crippen LogP contribution is 2.45. The first-order valence-electron chi connectivity index (χ1n) is 11.9. The molecule has 44 heavy (non-hydrogen) atoms. The molecule has 0 saturated heterocycles. The van der Waals surface area contributed by atoms with Crippen LogP contribution in [0.25, 0.3) is 33.8 Å². The van der Waals surface area contributed by atoms with E-state index < -0.39 is 69.5 Å². The van der Waals surface area contributed by atoms with Crippen LogP contribution in [-0.2, 0) is 24.7 Å². The van der Waals surface area contributed by atoms with Gasteiger partial charge in [0, 0.05) is 22.3 Å². The van der Waals surface area contributed by atoms with Gasteiger partial charge in [-0.2, -0.15) is 62.9 Å². The van der Waals surface area contributed by atoms with Gasteiger partial charge in [-0.15, -0.1) is 0 Å². The van der Waals surface area contributed by atoms with Crippen molar-refractivity contribution < 1.29 is 52.7 Å². The third kappa shape index (κ3) is 5.56. The Labute approximate surface area is 238 Å². The van der Waals surface area contributed by atoms with Gasteiger partial charge >= 0.3 is 24.7 Å². The number of halogens is 12. The first-order chi connectivity index (χ1) is 20.3. The van der Waals surface area contributed by atoms with Crippen molar-refractivity contribution in [1.29, 1.82) is 5.26 Å². The van der Waals surface area contributed by atoms with Crippen LogP contribution >= 0.6 is 0 Å². The Morgan fingerprint density at radius 1 is 0.500 bits per heavy atom. The van der Waals surface area contributed by atoms with Crippen molar-refractivity contribution in [3.63, 3.8) is 0 Å². The Morgan fingerprint density at radius 2 is 0.864 bits per heavy atom. The maximum absolute atomic E-state index is 13.7. The summed E-state index contributed by atoms with van der Waals surface area (Å²) in [7, 11) is 0. The van der Waals surface area contributed by atoms with E-state index in [1.165, 1.54) is 30.5 Å². The summed E-state index contributed by atoms with van der Waals surface area (Å²) in [6.45, 7) is 0. The number of hydrogen-bond donors (Lipinski definition) is 0. The Balaban J connectivity index is 1.94. The normalized spacial score (nSPS) is 14.4. The highest BCUT2D eigenvalue weighted by atomic mass is 19.4. The van der Waals surface area contributed by atoms with Crippen LogP contribution in [0.2, 0.25) is 0 Å². The molecule has 0 N–H and O–H groups in total. The molecule has 5 rings (SSSR count). The van der Waals surface area contributed by atoms with Gasteiger partial charge < -0.3 is 0 Å². The lowest BCUT2D eigenvalue weighted by atomic mass is 9.96. The topological polar surface area (TPSA) is 61.9 Å². The van der Waals surface area contributed by atoms with E-state index in [-0.39, 0.29) is 64.6 Å². The third-order valence-corrected chi connectivity index (χ3v) is 6.44. The van der Waals surface area contributed by atoms with Gasteiger partial charge in [0.2, 0.25) is 6.19 Å². The standard InChI is InChI=1S/C28H10F12N4/c29-25(30,31)14-5-12(6-15(9-14)26(32,33)34)20-21(13-7-16(27(35,36)37)10-17(8-13)28(38,39)40)44-24-22(42-11-41)18-3-1-2-4-19(18)23(24)43-20/h1-10H/b42-22+. The number of rotatable bonds is 2. The van der Waals surface area contributed by atoms with Gasteiger partial charge in [0.1, 0.15) is 11.4 Å². The Bertz CT molecular complexity index is 1810. The lowest BCUT2D eigenvalue weighted by Crippen LogP contribution is -2.13. The second-order valence-corrected chi connectivity index (χ2v) is 9.31. The molecule has 1 aliphatic rings. The van der Waals surface area contributed by atoms with Crippen molar-refractivity contribution >= 4 is 5.71 Å². The number of aromatic nitrogens is 2. The fourth-order valence-corrected chi connectivity index (χ4v) is 4.56. The van der Waals surface area contributed by atoms with Crippen LogP contribution in [0.5, 0.6) is 0 Å². The van der Waals surface area contributed by atoms with Gasteiger partial charge in [-0.3, -0.25) is 0 Å². The average molecular weight is 630 g/mol. The van der Waals surface area contributed by atoms with E-state index in [9.17, 15) is 57.9 Å². The Hall–Kier alpha value is -4.94. The van der Waals surface area contributed by atoms with E-state index in [4.69, 9.17) is 0 Å². The third-order valence-electron chi connectivity index (χ3n) is 6.44. The van der Waals surface area contributed by atoms with Crippen LogP contribution in [0.3, 0.4) is 0 Å². The minimum Gasteiger partial charge on any atom is -0.243 e. The molecule has 4 nitrogen and oxygen atoms in total. The van der Waals surface area contributed by atoms with Gasteiger partial charge in [0.15, 0.2) is 0 Å². The zero-order valence-electron chi connectivity index (χ0n) is 21.1. The van der Waals surface area contributed by atoms with Gasteiger partial charge in [0.25, 0.3) is 0 Å². The molecule has 1 aliphatic carbocycles. The van der Waals surface area contributed by atoms with E-state index in [2.05, 4.69) is 15.0 Å². The van der Waals surface area contributed by atoms with Crippen LogP contribution in [0.15, 0.2) is 65.7 Å². The first-order valence-corrected chi connectivity index (χ1v) is 11.9. The Kier molecular flexibility index (Phi) is 6.98. The Morgan fingerprint density at radius 3 is 1.23 bits per heavy atom. The summed E-state index contributed by atoms with van der Waals surface area (Å²) < 4.78 is 164. The maximum atomic E-state index is 13.7. The van der Waals surface area contributed by atoms with E-state index in [0.29, 0.717) is 0 Å². The molecule has 0 spiro atoms. The van der Waals surface area contributed by atoms with Crippen molar-refractivity contribution in [1.82, 2.24) is 9.97 Å². The minimum absolute atomic E-state index is 0.153. The number of alkyl halides is 12. The monoisotopic (exact) mass is 630 g/mol. The van der Waals surface area contributed by atoms with Crippen molar-refractivity contribution in [2.45, 2.75) is 24.7 Å². The number of nitriles is 1. The molecule has 0 radical (unpaired) electrons. The largest absolute Gasteiger partial charge is 0.416 e. The van der Waals surface area contributed by atoms with E-state index >= 15 is 0 Å². The maximum Gasteiger partial charge on any atom is 0.416 e. The number of fused-ring (bicyclic) bond motifs is 3. The first kappa shape index (κ1) is 30.5. The summed E-state index contributed by atoms with van der Waals surface area (Å²) >= 11 is 0. The van der Waals surface area contributed by atoms with Crippen molar-refractivity contribution in [2.75, 3.05) is 0 Å². The summed E-state index contributed by atoms with van der Waals surface area (Å²) in [4.78, 5) is 11.9. The van der Waals surface area contributed by atoms with Crippen LogP contribution in [-0.4, -0.2) is 15.7 Å². The van der Waals surface area contributed by atoms with Gasteiger partial charge in [-0.05, 0) is 36.4 Å². The predicted octanol–water partition coefficient (Wildman–Crippen LogP) is 9.18. The van der Waals surface area contributed by atoms with E-state index in [1.54, 1.807) is 0 Å². The minimum atomic E-state index is -5.36. The smallest absolute Gasteiger partial charge is 0.243 e. The van der Waals surface area contributed by atoms with Crippen molar-refractivity contribution in [2.24, 2.45) is 4.99 Å². The van der Waals surface area contributed by atoms with E-state index in [1.807, 2.05) is 0 Å². The fraction of sp³-hybridized carbons (Fsp3) is 0.143. The quantitative estimate of drug-likeness (QED) is 0.144. The van der Waals surface area contributed by atoms with Crippen LogP contribution in [0.1, 0.15) is 33.5 Å². The van der Waals surface area contributed by atoms with Crippen molar-refractivity contribution in [3.8, 4) is 40.0 Å². The summed E-state index contributed by atoms with van der Waals surface area (Å²) in [5.41, 5.74) is -11.5. The number of nitrogens with zero attached hydrogens (tertiary/aromatic N) is 4. The molecular formula is C28H10F12N4. The molecule has 0 atom stereocenters. The second kappa shape index (κ2) is 10.1. The summed E-state index contributed by atoms with van der Waals surface area (Å²) in [6, 6.07) is 6.17. The fourth-order valence-electron chi connectivity index (χ4n) is 4.56. The van der Waals surface area contributed by atoms with Gasteiger partial charge in [-0.1, -0.05) is 24.3 Å². The molecule has 0 bridgehead atoms. The molecule has 0 fully saturated rings. The molecule has 0 aliphatic heterocycles. The molecule has 226 valence electrons. The molecule has 3 aromatic carbocycles. The summed E-state index contributed by atoms with van der Waals surface area (Å²) in [5.74, 6) is 0. The molecule has 0 saturated carbocycles. The van der Waals surface area contributed by atoms with Crippen LogP contribution in [0.4, 0.5) is 52.7 Å². The SMILES string of the molecule is N#C/N=C1\c2ccccc2-c2nc(-c3cc(C(F)(F)F)cc(C(F)(F)F)c3)c(-c3cc(C(F)(F)F)cc(C(F)(F)F)c3)nc21. The van der Waals surface area contributed by atoms with E-state index in [0.717, 1.165) is 0 Å². The molecule has 0 unspecified atom stereocenters. The predicted molar refractivity (Wildman–Crippen MR) is 130 cm³/mol. The van der Waals surface area contributed by atoms with Crippen molar-refractivity contribution in [3.05, 3.63) is 94.2 Å². The summed E-state index contributed by atoms with van der Waals surface area (Å²) in [5, 5.41) is 9.21. The van der Waals surface area contributed by atoms with Crippen LogP contribution in [0, 0.1) is 11.5 Å². The molecule has 1 aromatic heterocycles. The van der Waals surface area contributed by atoms with Gasteiger partial charge in [-0.25, -0.2) is 9.97 Å². The molecule has 1 heterocycles. The number of benzene rings is 3. The van der Waals surface area contributed by atoms with Crippen LogP contribution < -0.4 is 0 Å².